The first kappa shape index (κ1) is 11.7. The van der Waals surface area contributed by atoms with Gasteiger partial charge in [0.05, 0.1) is 6.61 Å². The van der Waals surface area contributed by atoms with Crippen molar-refractivity contribution in [1.82, 2.24) is 0 Å². The van der Waals surface area contributed by atoms with Crippen LogP contribution in [-0.4, -0.2) is 23.8 Å². The molecule has 3 heteroatoms. The van der Waals surface area contributed by atoms with Crippen molar-refractivity contribution in [3.63, 3.8) is 0 Å². The van der Waals surface area contributed by atoms with Crippen LogP contribution >= 0.6 is 0 Å². The summed E-state index contributed by atoms with van der Waals surface area (Å²) in [6.07, 6.45) is -0.757. The summed E-state index contributed by atoms with van der Waals surface area (Å²) in [5, 5.41) is 9.52. The van der Waals surface area contributed by atoms with Gasteiger partial charge < -0.3 is 9.84 Å². The van der Waals surface area contributed by atoms with E-state index in [0.717, 1.165) is 11.1 Å². The zero-order chi connectivity index (χ0) is 11.3. The molecule has 1 N–H and O–H groups in total. The lowest BCUT2D eigenvalue weighted by atomic mass is 10.1. The summed E-state index contributed by atoms with van der Waals surface area (Å²) in [6, 6.07) is 7.71. The predicted molar refractivity (Wildman–Crippen MR) is 57.5 cm³/mol. The molecule has 1 atom stereocenters. The molecule has 0 radical (unpaired) electrons. The van der Waals surface area contributed by atoms with Gasteiger partial charge in [-0.2, -0.15) is 0 Å². The van der Waals surface area contributed by atoms with Gasteiger partial charge in [0, 0.05) is 6.42 Å². The molecule has 0 aromatic heterocycles. The molecule has 0 spiro atoms. The van der Waals surface area contributed by atoms with Crippen molar-refractivity contribution >= 4 is 5.97 Å². The minimum Gasteiger partial charge on any atom is -0.464 e. The quantitative estimate of drug-likeness (QED) is 0.762. The van der Waals surface area contributed by atoms with Gasteiger partial charge in [-0.3, -0.25) is 0 Å². The Hall–Kier alpha value is -1.35. The van der Waals surface area contributed by atoms with Gasteiger partial charge in [0.2, 0.25) is 0 Å². The number of aliphatic hydroxyl groups is 1. The average Bonchev–Trinajstić information content (AvgIpc) is 2.18. The molecule has 1 aromatic rings. The monoisotopic (exact) mass is 208 g/mol. The van der Waals surface area contributed by atoms with Gasteiger partial charge in [-0.1, -0.05) is 29.8 Å². The first-order valence-electron chi connectivity index (χ1n) is 5.03. The van der Waals surface area contributed by atoms with E-state index in [1.807, 2.05) is 31.2 Å². The highest BCUT2D eigenvalue weighted by molar-refractivity contribution is 5.74. The highest BCUT2D eigenvalue weighted by Gasteiger charge is 2.16. The van der Waals surface area contributed by atoms with Crippen molar-refractivity contribution in [1.29, 1.82) is 0 Å². The van der Waals surface area contributed by atoms with Crippen LogP contribution < -0.4 is 0 Å². The van der Waals surface area contributed by atoms with Gasteiger partial charge in [0.15, 0.2) is 6.10 Å². The van der Waals surface area contributed by atoms with Crippen LogP contribution in [0.2, 0.25) is 0 Å². The highest BCUT2D eigenvalue weighted by atomic mass is 16.5. The molecule has 0 bridgehead atoms. The van der Waals surface area contributed by atoms with Gasteiger partial charge in [-0.05, 0) is 19.4 Å². The summed E-state index contributed by atoms with van der Waals surface area (Å²) < 4.78 is 4.72. The van der Waals surface area contributed by atoms with Crippen LogP contribution in [0.25, 0.3) is 0 Å². The molecular weight excluding hydrogens is 192 g/mol. The first-order chi connectivity index (χ1) is 7.13. The molecule has 0 aliphatic heterocycles. The van der Waals surface area contributed by atoms with E-state index in [1.165, 1.54) is 0 Å². The largest absolute Gasteiger partial charge is 0.464 e. The molecule has 1 aromatic carbocycles. The molecule has 0 heterocycles. The van der Waals surface area contributed by atoms with Crippen molar-refractivity contribution in [3.05, 3.63) is 35.4 Å². The van der Waals surface area contributed by atoms with Gasteiger partial charge in [-0.25, -0.2) is 4.79 Å². The van der Waals surface area contributed by atoms with Crippen molar-refractivity contribution < 1.29 is 14.6 Å². The number of hydrogen-bond acceptors (Lipinski definition) is 3. The van der Waals surface area contributed by atoms with Crippen LogP contribution in [-0.2, 0) is 16.0 Å². The molecule has 0 amide bonds. The zero-order valence-corrected chi connectivity index (χ0v) is 9.06. The summed E-state index contributed by atoms with van der Waals surface area (Å²) in [5.74, 6) is -0.556. The number of aryl methyl sites for hydroxylation is 1. The minimum atomic E-state index is -1.06. The third kappa shape index (κ3) is 3.72. The van der Waals surface area contributed by atoms with Gasteiger partial charge in [0.1, 0.15) is 0 Å². The summed E-state index contributed by atoms with van der Waals surface area (Å²) >= 11 is 0. The first-order valence-corrected chi connectivity index (χ1v) is 5.03. The predicted octanol–water partition coefficient (Wildman–Crippen LogP) is 1.46. The number of ether oxygens (including phenoxy) is 1. The number of benzene rings is 1. The molecule has 0 fully saturated rings. The summed E-state index contributed by atoms with van der Waals surface area (Å²) in [6.45, 7) is 3.99. The third-order valence-corrected chi connectivity index (χ3v) is 2.07. The molecule has 0 saturated carbocycles. The number of rotatable bonds is 4. The van der Waals surface area contributed by atoms with Gasteiger partial charge in [0.25, 0.3) is 0 Å². The average molecular weight is 208 g/mol. The zero-order valence-electron chi connectivity index (χ0n) is 9.06. The van der Waals surface area contributed by atoms with E-state index in [1.54, 1.807) is 6.92 Å². The number of esters is 1. The number of aliphatic hydroxyl groups excluding tert-OH is 1. The third-order valence-electron chi connectivity index (χ3n) is 2.07. The molecule has 1 rings (SSSR count). The molecule has 15 heavy (non-hydrogen) atoms. The topological polar surface area (TPSA) is 46.5 Å². The summed E-state index contributed by atoms with van der Waals surface area (Å²) in [7, 11) is 0. The van der Waals surface area contributed by atoms with E-state index in [4.69, 9.17) is 4.74 Å². The summed E-state index contributed by atoms with van der Waals surface area (Å²) in [4.78, 5) is 11.2. The Morgan fingerprint density at radius 3 is 2.87 bits per heavy atom. The molecular formula is C12H16O3. The Bertz CT molecular complexity index is 333. The van der Waals surface area contributed by atoms with Crippen LogP contribution in [0.4, 0.5) is 0 Å². The maximum Gasteiger partial charge on any atom is 0.335 e. The van der Waals surface area contributed by atoms with Crippen LogP contribution in [0.3, 0.4) is 0 Å². The lowest BCUT2D eigenvalue weighted by Gasteiger charge is -2.09. The van der Waals surface area contributed by atoms with Crippen LogP contribution in [0.1, 0.15) is 18.1 Å². The van der Waals surface area contributed by atoms with Crippen LogP contribution in [0.5, 0.6) is 0 Å². The number of carbonyl (C=O) groups is 1. The molecule has 1 unspecified atom stereocenters. The van der Waals surface area contributed by atoms with E-state index >= 15 is 0 Å². The highest BCUT2D eigenvalue weighted by Crippen LogP contribution is 2.07. The lowest BCUT2D eigenvalue weighted by Crippen LogP contribution is -2.25. The second-order valence-electron chi connectivity index (χ2n) is 3.46. The normalized spacial score (nSPS) is 12.2. The maximum atomic E-state index is 11.2. The lowest BCUT2D eigenvalue weighted by molar-refractivity contribution is -0.152. The van der Waals surface area contributed by atoms with E-state index in [2.05, 4.69) is 0 Å². The Labute approximate surface area is 89.7 Å². The summed E-state index contributed by atoms with van der Waals surface area (Å²) in [5.41, 5.74) is 2.05. The second-order valence-corrected chi connectivity index (χ2v) is 3.46. The Morgan fingerprint density at radius 1 is 1.53 bits per heavy atom. The second kappa shape index (κ2) is 5.51. The SMILES string of the molecule is CCOC(=O)C(O)Cc1cccc(C)c1. The molecule has 0 saturated heterocycles. The van der Waals surface area contributed by atoms with E-state index in [-0.39, 0.29) is 0 Å². The van der Waals surface area contributed by atoms with Crippen molar-refractivity contribution in [2.75, 3.05) is 6.61 Å². The van der Waals surface area contributed by atoms with E-state index < -0.39 is 12.1 Å². The Morgan fingerprint density at radius 2 is 2.27 bits per heavy atom. The Kier molecular flexibility index (Phi) is 4.31. The minimum absolute atomic E-state index is 0.295. The maximum absolute atomic E-state index is 11.2. The van der Waals surface area contributed by atoms with Gasteiger partial charge in [-0.15, -0.1) is 0 Å². The fourth-order valence-corrected chi connectivity index (χ4v) is 1.38. The number of carbonyl (C=O) groups excluding carboxylic acids is 1. The number of hydrogen-bond donors (Lipinski definition) is 1. The van der Waals surface area contributed by atoms with E-state index in [9.17, 15) is 9.90 Å². The molecule has 3 nitrogen and oxygen atoms in total. The van der Waals surface area contributed by atoms with Crippen LogP contribution in [0.15, 0.2) is 24.3 Å². The standard InChI is InChI=1S/C12H16O3/c1-3-15-12(14)11(13)8-10-6-4-5-9(2)7-10/h4-7,11,13H,3,8H2,1-2H3. The molecule has 82 valence electrons. The van der Waals surface area contributed by atoms with Crippen LogP contribution in [0, 0.1) is 6.92 Å². The van der Waals surface area contributed by atoms with Crippen molar-refractivity contribution in [2.45, 2.75) is 26.4 Å². The van der Waals surface area contributed by atoms with Gasteiger partial charge >= 0.3 is 5.97 Å². The smallest absolute Gasteiger partial charge is 0.335 e. The fraction of sp³-hybridized carbons (Fsp3) is 0.417. The van der Waals surface area contributed by atoms with Crippen molar-refractivity contribution in [3.8, 4) is 0 Å². The molecule has 0 aliphatic rings. The Balaban J connectivity index is 2.58. The fourth-order valence-electron chi connectivity index (χ4n) is 1.38. The molecule has 0 aliphatic carbocycles. The van der Waals surface area contributed by atoms with Crippen molar-refractivity contribution in [2.24, 2.45) is 0 Å². The van der Waals surface area contributed by atoms with E-state index in [0.29, 0.717) is 13.0 Å².